The number of nitrogens with one attached hydrogen (secondary N) is 1. The molecule has 0 radical (unpaired) electrons. The maximum absolute atomic E-state index is 14.9. The highest BCUT2D eigenvalue weighted by Gasteiger charge is 2.77. The first-order valence-corrected chi connectivity index (χ1v) is 17.9. The van der Waals surface area contributed by atoms with Crippen molar-refractivity contribution in [3.05, 3.63) is 49.6 Å². The third kappa shape index (κ3) is 7.07. The van der Waals surface area contributed by atoms with E-state index in [0.29, 0.717) is 18.5 Å². The van der Waals surface area contributed by atoms with Gasteiger partial charge in [-0.15, -0.1) is 13.2 Å². The molecule has 12 heteroatoms. The van der Waals surface area contributed by atoms with Crippen molar-refractivity contribution in [3.63, 3.8) is 0 Å². The number of esters is 1. The molecular formula is C36H51BrN4O7. The first kappa shape index (κ1) is 37.6. The van der Waals surface area contributed by atoms with Crippen molar-refractivity contribution < 1.29 is 33.8 Å². The van der Waals surface area contributed by atoms with E-state index in [9.17, 15) is 24.3 Å². The Morgan fingerprint density at radius 1 is 1.15 bits per heavy atom. The van der Waals surface area contributed by atoms with E-state index in [1.165, 1.54) is 4.90 Å². The summed E-state index contributed by atoms with van der Waals surface area (Å²) in [5.41, 5.74) is 0.330. The number of amides is 3. The Morgan fingerprint density at radius 3 is 2.35 bits per heavy atom. The minimum atomic E-state index is -1.33. The number of aliphatic hydroxyl groups is 1. The van der Waals surface area contributed by atoms with Gasteiger partial charge in [0.15, 0.2) is 0 Å². The number of benzene rings is 1. The molecule has 0 aromatic heterocycles. The fourth-order valence-corrected chi connectivity index (χ4v) is 8.47. The minimum absolute atomic E-state index is 0.109. The number of hydrogen-bond donors (Lipinski definition) is 2. The van der Waals surface area contributed by atoms with Gasteiger partial charge < -0.3 is 34.6 Å². The number of carbonyl (C=O) groups excluding carboxylic acids is 4. The molecule has 2 N–H and O–H groups in total. The summed E-state index contributed by atoms with van der Waals surface area (Å²) in [6, 6.07) is 5.90. The van der Waals surface area contributed by atoms with Crippen LogP contribution in [0.25, 0.3) is 0 Å². The Kier molecular flexibility index (Phi) is 12.5. The van der Waals surface area contributed by atoms with E-state index in [0.717, 1.165) is 18.8 Å². The van der Waals surface area contributed by atoms with Crippen molar-refractivity contribution in [2.24, 2.45) is 17.8 Å². The van der Waals surface area contributed by atoms with Crippen LogP contribution in [0.4, 0.5) is 11.4 Å². The van der Waals surface area contributed by atoms with Crippen molar-refractivity contribution in [2.75, 3.05) is 42.6 Å². The van der Waals surface area contributed by atoms with E-state index >= 15 is 0 Å². The van der Waals surface area contributed by atoms with E-state index in [1.807, 2.05) is 38.1 Å². The molecule has 2 bridgehead atoms. The normalized spacial score (nSPS) is 27.0. The van der Waals surface area contributed by atoms with Crippen LogP contribution in [0, 0.1) is 17.8 Å². The van der Waals surface area contributed by atoms with Gasteiger partial charge >= 0.3 is 5.97 Å². The number of carbonyl (C=O) groups is 4. The van der Waals surface area contributed by atoms with Gasteiger partial charge in [0.25, 0.3) is 5.91 Å². The van der Waals surface area contributed by atoms with Gasteiger partial charge in [0.1, 0.15) is 17.7 Å². The van der Waals surface area contributed by atoms with E-state index in [4.69, 9.17) is 9.47 Å². The quantitative estimate of drug-likeness (QED) is 0.141. The van der Waals surface area contributed by atoms with E-state index in [1.54, 1.807) is 24.0 Å². The van der Waals surface area contributed by atoms with Gasteiger partial charge in [-0.2, -0.15) is 0 Å². The highest BCUT2D eigenvalue weighted by Crippen LogP contribution is 2.61. The second kappa shape index (κ2) is 16.0. The van der Waals surface area contributed by atoms with Crippen molar-refractivity contribution >= 4 is 51.0 Å². The van der Waals surface area contributed by atoms with Crippen molar-refractivity contribution in [1.82, 2.24) is 10.2 Å². The van der Waals surface area contributed by atoms with Crippen LogP contribution in [0.5, 0.6) is 0 Å². The Labute approximate surface area is 292 Å². The fraction of sp³-hybridized carbons (Fsp3) is 0.611. The molecule has 11 nitrogen and oxygen atoms in total. The topological polar surface area (TPSA) is 129 Å². The van der Waals surface area contributed by atoms with Crippen molar-refractivity contribution in [2.45, 2.75) is 88.6 Å². The molecule has 3 aliphatic rings. The number of halogens is 1. The highest BCUT2D eigenvalue weighted by atomic mass is 79.9. The second-order valence-corrected chi connectivity index (χ2v) is 14.4. The number of alkyl halides is 1. The number of anilines is 2. The number of nitrogens with zero attached hydrogens (tertiary/aromatic N) is 3. The van der Waals surface area contributed by atoms with Crippen LogP contribution in [0.15, 0.2) is 49.6 Å². The average molecular weight is 732 g/mol. The third-order valence-electron chi connectivity index (χ3n) is 9.89. The van der Waals surface area contributed by atoms with Crippen LogP contribution >= 0.6 is 15.9 Å². The number of likely N-dealkylation sites (tertiary alicyclic amines) is 1. The highest BCUT2D eigenvalue weighted by molar-refractivity contribution is 9.09. The zero-order chi connectivity index (χ0) is 35.3. The van der Waals surface area contributed by atoms with Gasteiger partial charge in [-0.25, -0.2) is 0 Å². The maximum atomic E-state index is 14.9. The van der Waals surface area contributed by atoms with E-state index in [-0.39, 0.29) is 48.7 Å². The zero-order valence-corrected chi connectivity index (χ0v) is 30.4. The molecule has 8 atom stereocenters. The van der Waals surface area contributed by atoms with Crippen LogP contribution in [0.1, 0.15) is 53.9 Å². The Morgan fingerprint density at radius 2 is 1.79 bits per heavy atom. The SMILES string of the molecule is C=CCCC(=O)NC[C@@H](C)OC(=O)[C@@H]1[C@H]2O[C@@]3(CC2Br)[C@H](C(=O)N(CC=C)c2ccc(N(CC)CC)cc2)N([C@@H](CO)C(C)C)C(=O)[C@@H]13. The standard InChI is InChI=1S/C36H51BrN4O7/c1-8-12-13-28(43)38-20-23(7)47-35(46)29-30-33(44)41(27(21-42)22(5)6)32(36(30)19-26(37)31(29)48-36)34(45)40(18-9-2)25-16-14-24(15-17-25)39(10-3)11-4/h8-9,14-17,22-23,26-27,29-32,42H,1-2,10-13,18-21H2,3-7H3,(H,38,43)/t23-,26?,27+,29+,30-,31+,32+,36-/m1/s1. The van der Waals surface area contributed by atoms with Crippen LogP contribution in [0.2, 0.25) is 0 Å². The molecule has 0 aliphatic carbocycles. The lowest BCUT2D eigenvalue weighted by molar-refractivity contribution is -0.159. The van der Waals surface area contributed by atoms with Gasteiger partial charge in [0.2, 0.25) is 11.8 Å². The van der Waals surface area contributed by atoms with Gasteiger partial charge in [-0.3, -0.25) is 19.2 Å². The van der Waals surface area contributed by atoms with Crippen LogP contribution in [0.3, 0.4) is 0 Å². The Balaban J connectivity index is 1.69. The number of allylic oxidation sites excluding steroid dienone is 1. The van der Waals surface area contributed by atoms with Crippen LogP contribution < -0.4 is 15.1 Å². The van der Waals surface area contributed by atoms with Gasteiger partial charge in [-0.1, -0.05) is 41.9 Å². The van der Waals surface area contributed by atoms with Gasteiger partial charge in [-0.05, 0) is 63.8 Å². The molecule has 3 amide bonds. The number of rotatable bonds is 17. The minimum Gasteiger partial charge on any atom is -0.460 e. The van der Waals surface area contributed by atoms with Crippen molar-refractivity contribution in [3.8, 4) is 0 Å². The maximum Gasteiger partial charge on any atom is 0.312 e. The van der Waals surface area contributed by atoms with Gasteiger partial charge in [0.05, 0.1) is 37.1 Å². The fourth-order valence-electron chi connectivity index (χ4n) is 7.52. The molecule has 0 saturated carbocycles. The summed E-state index contributed by atoms with van der Waals surface area (Å²) < 4.78 is 12.5. The largest absolute Gasteiger partial charge is 0.460 e. The molecule has 3 heterocycles. The number of fused-ring (bicyclic) bond motifs is 1. The second-order valence-electron chi connectivity index (χ2n) is 13.2. The molecule has 1 aromatic rings. The van der Waals surface area contributed by atoms with Gasteiger partial charge in [0, 0.05) is 42.3 Å². The lowest BCUT2D eigenvalue weighted by atomic mass is 9.70. The zero-order valence-electron chi connectivity index (χ0n) is 28.8. The summed E-state index contributed by atoms with van der Waals surface area (Å²) in [5, 5.41) is 13.3. The first-order valence-electron chi connectivity index (χ1n) is 17.0. The summed E-state index contributed by atoms with van der Waals surface area (Å²) in [4.78, 5) is 60.4. The molecule has 1 unspecified atom stereocenters. The smallest absolute Gasteiger partial charge is 0.312 e. The number of aliphatic hydroxyl groups excluding tert-OH is 1. The predicted octanol–water partition coefficient (Wildman–Crippen LogP) is 3.83. The Hall–Kier alpha value is -3.22. The average Bonchev–Trinajstić information content (AvgIpc) is 3.66. The molecule has 48 heavy (non-hydrogen) atoms. The molecule has 264 valence electrons. The lowest BCUT2D eigenvalue weighted by Gasteiger charge is -2.40. The molecule has 1 spiro atoms. The van der Waals surface area contributed by atoms with Crippen LogP contribution in [-0.4, -0.2) is 101 Å². The molecule has 1 aromatic carbocycles. The molecule has 3 saturated heterocycles. The van der Waals surface area contributed by atoms with Crippen molar-refractivity contribution in [1.29, 1.82) is 0 Å². The van der Waals surface area contributed by atoms with E-state index < -0.39 is 53.6 Å². The molecule has 3 aliphatic heterocycles. The monoisotopic (exact) mass is 730 g/mol. The predicted molar refractivity (Wildman–Crippen MR) is 189 cm³/mol. The molecular weight excluding hydrogens is 680 g/mol. The Bertz CT molecular complexity index is 1350. The third-order valence-corrected chi connectivity index (χ3v) is 10.7. The summed E-state index contributed by atoms with van der Waals surface area (Å²) in [6.07, 6.45) is 3.06. The summed E-state index contributed by atoms with van der Waals surface area (Å²) in [5.74, 6) is -3.75. The summed E-state index contributed by atoms with van der Waals surface area (Å²) in [7, 11) is 0. The lowest BCUT2D eigenvalue weighted by Crippen LogP contribution is -2.60. The summed E-state index contributed by atoms with van der Waals surface area (Å²) >= 11 is 3.70. The van der Waals surface area contributed by atoms with Crippen LogP contribution in [-0.2, 0) is 28.7 Å². The number of hydrogen-bond acceptors (Lipinski definition) is 8. The first-order chi connectivity index (χ1) is 22.9. The molecule has 4 rings (SSSR count). The summed E-state index contributed by atoms with van der Waals surface area (Å²) in [6.45, 7) is 18.7. The number of ether oxygens (including phenoxy) is 2. The van der Waals surface area contributed by atoms with E-state index in [2.05, 4.69) is 53.2 Å². The molecule has 3 fully saturated rings.